The fourth-order valence-electron chi connectivity index (χ4n) is 2.99. The van der Waals surface area contributed by atoms with Crippen LogP contribution in [-0.4, -0.2) is 37.7 Å². The number of phenols is 1. The molecule has 0 fully saturated rings. The molecule has 0 radical (unpaired) electrons. The maximum atomic E-state index is 12.3. The van der Waals surface area contributed by atoms with Gasteiger partial charge in [-0.2, -0.15) is 0 Å². The van der Waals surface area contributed by atoms with Crippen molar-refractivity contribution in [3.8, 4) is 17.1 Å². The van der Waals surface area contributed by atoms with Gasteiger partial charge in [-0.1, -0.05) is 61.2 Å². The number of aromatic nitrogens is 3. The highest BCUT2D eigenvalue weighted by atomic mass is 32.2. The van der Waals surface area contributed by atoms with Gasteiger partial charge in [0, 0.05) is 6.54 Å². The van der Waals surface area contributed by atoms with Crippen molar-refractivity contribution >= 4 is 17.7 Å². The van der Waals surface area contributed by atoms with E-state index in [0.717, 1.165) is 6.42 Å². The van der Waals surface area contributed by atoms with Gasteiger partial charge in [0.15, 0.2) is 11.0 Å². The summed E-state index contributed by atoms with van der Waals surface area (Å²) in [5, 5.41) is 19.3. The lowest BCUT2D eigenvalue weighted by atomic mass is 10.1. The fourth-order valence-corrected chi connectivity index (χ4v) is 3.96. The third-order valence-corrected chi connectivity index (χ3v) is 5.82. The van der Waals surface area contributed by atoms with Gasteiger partial charge in [-0.15, -0.1) is 10.2 Å². The molecule has 3 rings (SSSR count). The molecule has 1 aromatic heterocycles. The number of carbonyl (C=O) groups excluding carboxylic acids is 1. The fraction of sp³-hybridized carbons (Fsp3) is 0.318. The summed E-state index contributed by atoms with van der Waals surface area (Å²) >= 11 is 1.35. The van der Waals surface area contributed by atoms with Crippen molar-refractivity contribution in [2.45, 2.75) is 43.6 Å². The number of carbonyl (C=O) groups is 1. The zero-order valence-corrected chi connectivity index (χ0v) is 17.4. The molecule has 3 aromatic rings. The number of nitrogens with zero attached hydrogens (tertiary/aromatic N) is 3. The minimum Gasteiger partial charge on any atom is -0.507 e. The number of phenolic OH excluding ortho intramolecular Hbond substituents is 1. The standard InChI is InChI=1S/C22H25N3O3S/c1-3-19(21(27)28-4-2)29-22-24-23-20(17-12-8-9-13-18(17)26)25(22)15-14-16-10-6-5-7-11-16/h5-13,19,26H,3-4,14-15H2,1-2H3. The van der Waals surface area contributed by atoms with Crippen molar-refractivity contribution in [1.82, 2.24) is 14.8 Å². The van der Waals surface area contributed by atoms with Crippen molar-refractivity contribution in [3.63, 3.8) is 0 Å². The third kappa shape index (κ3) is 5.17. The number of para-hydroxylation sites is 1. The van der Waals surface area contributed by atoms with Crippen molar-refractivity contribution in [1.29, 1.82) is 0 Å². The number of benzene rings is 2. The third-order valence-electron chi connectivity index (χ3n) is 4.50. The molecule has 0 saturated heterocycles. The average Bonchev–Trinajstić information content (AvgIpc) is 3.14. The van der Waals surface area contributed by atoms with E-state index in [-0.39, 0.29) is 17.0 Å². The highest BCUT2D eigenvalue weighted by molar-refractivity contribution is 8.00. The van der Waals surface area contributed by atoms with E-state index in [1.165, 1.54) is 17.3 Å². The summed E-state index contributed by atoms with van der Waals surface area (Å²) in [5.41, 5.74) is 1.81. The maximum absolute atomic E-state index is 12.3. The summed E-state index contributed by atoms with van der Waals surface area (Å²) in [7, 11) is 0. The highest BCUT2D eigenvalue weighted by Crippen LogP contribution is 2.32. The Morgan fingerprint density at radius 2 is 1.83 bits per heavy atom. The normalized spacial score (nSPS) is 11.9. The van der Waals surface area contributed by atoms with Gasteiger partial charge in [0.05, 0.1) is 12.2 Å². The monoisotopic (exact) mass is 411 g/mol. The zero-order chi connectivity index (χ0) is 20.6. The quantitative estimate of drug-likeness (QED) is 0.417. The van der Waals surface area contributed by atoms with Crippen LogP contribution in [0.3, 0.4) is 0 Å². The molecule has 1 heterocycles. The molecular formula is C22H25N3O3S. The number of ether oxygens (including phenoxy) is 1. The van der Waals surface area contributed by atoms with Gasteiger partial charge in [-0.3, -0.25) is 4.79 Å². The number of rotatable bonds is 9. The van der Waals surface area contributed by atoms with Crippen molar-refractivity contribution in [2.75, 3.05) is 6.61 Å². The molecule has 29 heavy (non-hydrogen) atoms. The van der Waals surface area contributed by atoms with Crippen molar-refractivity contribution in [2.24, 2.45) is 0 Å². The SMILES string of the molecule is CCOC(=O)C(CC)Sc1nnc(-c2ccccc2O)n1CCc1ccccc1. The predicted molar refractivity (Wildman–Crippen MR) is 114 cm³/mol. The Morgan fingerprint density at radius 1 is 1.10 bits per heavy atom. The summed E-state index contributed by atoms with van der Waals surface area (Å²) in [5.74, 6) is 0.483. The summed E-state index contributed by atoms with van der Waals surface area (Å²) in [6, 6.07) is 17.2. The Morgan fingerprint density at radius 3 is 2.52 bits per heavy atom. The van der Waals surface area contributed by atoms with E-state index in [4.69, 9.17) is 4.74 Å². The second kappa shape index (κ2) is 10.1. The molecule has 152 valence electrons. The van der Waals surface area contributed by atoms with E-state index < -0.39 is 0 Å². The van der Waals surface area contributed by atoms with Gasteiger partial charge in [0.2, 0.25) is 0 Å². The van der Waals surface area contributed by atoms with Gasteiger partial charge >= 0.3 is 5.97 Å². The topological polar surface area (TPSA) is 77.2 Å². The molecule has 1 N–H and O–H groups in total. The highest BCUT2D eigenvalue weighted by Gasteiger charge is 2.24. The predicted octanol–water partition coefficient (Wildman–Crippen LogP) is 4.33. The molecule has 0 aliphatic rings. The summed E-state index contributed by atoms with van der Waals surface area (Å²) < 4.78 is 7.16. The molecule has 0 aliphatic carbocycles. The first kappa shape index (κ1) is 20.9. The van der Waals surface area contributed by atoms with E-state index in [1.807, 2.05) is 41.8 Å². The average molecular weight is 412 g/mol. The van der Waals surface area contributed by atoms with Crippen molar-refractivity contribution in [3.05, 3.63) is 60.2 Å². The van der Waals surface area contributed by atoms with Crippen LogP contribution >= 0.6 is 11.8 Å². The van der Waals surface area contributed by atoms with E-state index in [9.17, 15) is 9.90 Å². The number of hydrogen-bond donors (Lipinski definition) is 1. The molecule has 2 aromatic carbocycles. The van der Waals surface area contributed by atoms with Gasteiger partial charge in [-0.05, 0) is 37.5 Å². The molecule has 1 unspecified atom stereocenters. The summed E-state index contributed by atoms with van der Waals surface area (Å²) in [6.45, 7) is 4.72. The van der Waals surface area contributed by atoms with Crippen LogP contribution in [0.5, 0.6) is 5.75 Å². The lowest BCUT2D eigenvalue weighted by Crippen LogP contribution is -2.20. The second-order valence-electron chi connectivity index (χ2n) is 6.48. The first-order valence-corrected chi connectivity index (χ1v) is 10.6. The summed E-state index contributed by atoms with van der Waals surface area (Å²) in [6.07, 6.45) is 1.41. The van der Waals surface area contributed by atoms with E-state index in [1.54, 1.807) is 19.1 Å². The first-order valence-electron chi connectivity index (χ1n) is 9.72. The Labute approximate surface area is 174 Å². The number of aromatic hydroxyl groups is 1. The van der Waals surface area contributed by atoms with Crippen LogP contribution in [0.4, 0.5) is 0 Å². The number of aryl methyl sites for hydroxylation is 1. The van der Waals surface area contributed by atoms with Crippen LogP contribution in [0.2, 0.25) is 0 Å². The largest absolute Gasteiger partial charge is 0.507 e. The Balaban J connectivity index is 1.93. The molecule has 0 bridgehead atoms. The maximum Gasteiger partial charge on any atom is 0.319 e. The van der Waals surface area contributed by atoms with E-state index in [2.05, 4.69) is 22.3 Å². The van der Waals surface area contributed by atoms with Crippen LogP contribution in [0.1, 0.15) is 25.8 Å². The Bertz CT molecular complexity index is 943. The van der Waals surface area contributed by atoms with E-state index >= 15 is 0 Å². The van der Waals surface area contributed by atoms with Gasteiger partial charge in [0.25, 0.3) is 0 Å². The Hall–Kier alpha value is -2.80. The zero-order valence-electron chi connectivity index (χ0n) is 16.6. The van der Waals surface area contributed by atoms with Gasteiger partial charge in [0.1, 0.15) is 11.0 Å². The molecule has 1 atom stereocenters. The second-order valence-corrected chi connectivity index (χ2v) is 7.65. The van der Waals surface area contributed by atoms with Crippen molar-refractivity contribution < 1.29 is 14.6 Å². The number of hydrogen-bond acceptors (Lipinski definition) is 6. The van der Waals surface area contributed by atoms with Crippen LogP contribution in [0.15, 0.2) is 59.8 Å². The lowest BCUT2D eigenvalue weighted by molar-refractivity contribution is -0.142. The van der Waals surface area contributed by atoms with Gasteiger partial charge in [-0.25, -0.2) is 0 Å². The smallest absolute Gasteiger partial charge is 0.319 e. The molecule has 7 heteroatoms. The first-order chi connectivity index (χ1) is 14.1. The van der Waals surface area contributed by atoms with Crippen LogP contribution in [-0.2, 0) is 22.5 Å². The molecule has 6 nitrogen and oxygen atoms in total. The van der Waals surface area contributed by atoms with Crippen LogP contribution in [0, 0.1) is 0 Å². The van der Waals surface area contributed by atoms with E-state index in [0.29, 0.717) is 36.1 Å². The minimum absolute atomic E-state index is 0.148. The van der Waals surface area contributed by atoms with Crippen LogP contribution < -0.4 is 0 Å². The summed E-state index contributed by atoms with van der Waals surface area (Å²) in [4.78, 5) is 12.3. The van der Waals surface area contributed by atoms with Gasteiger partial charge < -0.3 is 14.4 Å². The Kier molecular flexibility index (Phi) is 7.30. The molecule has 0 saturated carbocycles. The molecule has 0 spiro atoms. The number of thioether (sulfide) groups is 1. The lowest BCUT2D eigenvalue weighted by Gasteiger charge is -2.15. The molecule has 0 amide bonds. The molecular weight excluding hydrogens is 386 g/mol. The molecule has 0 aliphatic heterocycles. The van der Waals surface area contributed by atoms with Crippen LogP contribution in [0.25, 0.3) is 11.4 Å². The minimum atomic E-state index is -0.355. The number of esters is 1.